The Labute approximate surface area is 105 Å². The average molecular weight is 297 g/mol. The van der Waals surface area contributed by atoms with E-state index in [2.05, 4.69) is 19.6 Å². The summed E-state index contributed by atoms with van der Waals surface area (Å²) >= 11 is 0. The van der Waals surface area contributed by atoms with E-state index in [1.807, 2.05) is 0 Å². The van der Waals surface area contributed by atoms with Crippen molar-refractivity contribution in [3.8, 4) is 0 Å². The van der Waals surface area contributed by atoms with Crippen LogP contribution in [0.1, 0.15) is 0 Å². The normalized spacial score (nSPS) is 39.6. The van der Waals surface area contributed by atoms with Gasteiger partial charge in [-0.25, -0.2) is 0 Å². The third kappa shape index (κ3) is 4.23. The molecule has 0 unspecified atom stereocenters. The molecule has 0 aromatic rings. The van der Waals surface area contributed by atoms with Crippen LogP contribution in [0.15, 0.2) is 0 Å². The number of rotatable bonds is 0. The van der Waals surface area contributed by atoms with Crippen molar-refractivity contribution in [3.05, 3.63) is 0 Å². The minimum absolute atomic E-state index is 0. The fraction of sp³-hybridized carbons (Fsp3) is 1.00. The molecule has 8 nitrogen and oxygen atoms in total. The quantitative estimate of drug-likeness (QED) is 0.513. The minimum atomic E-state index is -4.67. The van der Waals surface area contributed by atoms with E-state index in [0.717, 1.165) is 0 Å². The summed E-state index contributed by atoms with van der Waals surface area (Å²) in [5.41, 5.74) is 0. The molecule has 4 heterocycles. The zero-order chi connectivity index (χ0) is 11.1. The van der Waals surface area contributed by atoms with Crippen LogP contribution in [0.3, 0.4) is 0 Å². The predicted molar refractivity (Wildman–Crippen MR) is 50.7 cm³/mol. The number of hydrogen-bond donors (Lipinski definition) is 2. The molecule has 4 saturated heterocycles. The van der Waals surface area contributed by atoms with E-state index in [0.29, 0.717) is 0 Å². The van der Waals surface area contributed by atoms with Crippen LogP contribution < -0.4 is 0 Å². The van der Waals surface area contributed by atoms with E-state index in [-0.39, 0.29) is 16.8 Å². The van der Waals surface area contributed by atoms with Crippen LogP contribution in [0.5, 0.6) is 0 Å². The standard InChI is InChI=1S/C6H12N4.Co.H2O4S/c1-7-2-9-4-8(1)5-10(3-7)6-9;;1-5(2,3)4/h1-6H2;;(H2,1,2,3,4). The van der Waals surface area contributed by atoms with E-state index < -0.39 is 10.4 Å². The minimum Gasteiger partial charge on any atom is -0.264 e. The van der Waals surface area contributed by atoms with Crippen molar-refractivity contribution < 1.29 is 34.3 Å². The molecule has 4 aliphatic heterocycles. The van der Waals surface area contributed by atoms with E-state index >= 15 is 0 Å². The summed E-state index contributed by atoms with van der Waals surface area (Å²) in [6.45, 7) is 7.12. The van der Waals surface area contributed by atoms with Crippen LogP contribution in [0.4, 0.5) is 0 Å². The van der Waals surface area contributed by atoms with Crippen molar-refractivity contribution in [3.63, 3.8) is 0 Å². The third-order valence-electron chi connectivity index (χ3n) is 2.40. The summed E-state index contributed by atoms with van der Waals surface area (Å²) in [6, 6.07) is 0. The van der Waals surface area contributed by atoms with Gasteiger partial charge < -0.3 is 0 Å². The maximum absolute atomic E-state index is 8.74. The van der Waals surface area contributed by atoms with Crippen molar-refractivity contribution in [1.29, 1.82) is 0 Å². The fourth-order valence-electron chi connectivity index (χ4n) is 2.23. The summed E-state index contributed by atoms with van der Waals surface area (Å²) in [5.74, 6) is 0. The van der Waals surface area contributed by atoms with Crippen molar-refractivity contribution in [2.24, 2.45) is 0 Å². The van der Waals surface area contributed by atoms with Crippen LogP contribution >= 0.6 is 0 Å². The molecule has 0 aromatic carbocycles. The Kier molecular flexibility index (Phi) is 4.68. The molecule has 0 atom stereocenters. The largest absolute Gasteiger partial charge is 0.394 e. The van der Waals surface area contributed by atoms with Crippen molar-refractivity contribution in [2.75, 3.05) is 40.0 Å². The molecule has 0 saturated carbocycles. The Morgan fingerprint density at radius 2 is 0.812 bits per heavy atom. The first-order valence-corrected chi connectivity index (χ1v) is 5.89. The smallest absolute Gasteiger partial charge is 0.264 e. The molecule has 1 radical (unpaired) electrons. The molecule has 10 heteroatoms. The maximum Gasteiger partial charge on any atom is 0.394 e. The molecule has 4 rings (SSSR count). The van der Waals surface area contributed by atoms with Gasteiger partial charge in [-0.05, 0) is 0 Å². The molecule has 0 aliphatic carbocycles. The van der Waals surface area contributed by atoms with Crippen molar-refractivity contribution in [2.45, 2.75) is 0 Å². The SMILES string of the molecule is C1N2CN3CN1CN(C2)C3.O=S(=O)(O)O.[Co]. The summed E-state index contributed by atoms with van der Waals surface area (Å²) in [7, 11) is -4.67. The topological polar surface area (TPSA) is 87.6 Å². The van der Waals surface area contributed by atoms with Gasteiger partial charge in [0.25, 0.3) is 0 Å². The third-order valence-corrected chi connectivity index (χ3v) is 2.40. The second-order valence-electron chi connectivity index (χ2n) is 3.98. The van der Waals surface area contributed by atoms with Crippen LogP contribution in [0.25, 0.3) is 0 Å². The summed E-state index contributed by atoms with van der Waals surface area (Å²) < 4.78 is 31.6. The van der Waals surface area contributed by atoms with Gasteiger partial charge in [0, 0.05) is 16.8 Å². The van der Waals surface area contributed by atoms with Gasteiger partial charge in [0.1, 0.15) is 0 Å². The molecule has 4 aliphatic rings. The molecule has 0 spiro atoms. The second kappa shape index (κ2) is 5.24. The Balaban J connectivity index is 0.000000189. The van der Waals surface area contributed by atoms with Crippen molar-refractivity contribution in [1.82, 2.24) is 19.6 Å². The van der Waals surface area contributed by atoms with E-state index in [1.54, 1.807) is 0 Å². The summed E-state index contributed by atoms with van der Waals surface area (Å²) in [4.78, 5) is 9.88. The molecule has 0 aromatic heterocycles. The van der Waals surface area contributed by atoms with E-state index in [9.17, 15) is 0 Å². The molecular formula is C6H14CoN4O4S. The molecule has 2 N–H and O–H groups in total. The molecule has 97 valence electrons. The number of hydrogen-bond acceptors (Lipinski definition) is 6. The second-order valence-corrected chi connectivity index (χ2v) is 4.88. The zero-order valence-electron chi connectivity index (χ0n) is 8.48. The first kappa shape index (κ1) is 14.3. The molecule has 16 heavy (non-hydrogen) atoms. The Bertz CT molecular complexity index is 273. The first-order valence-electron chi connectivity index (χ1n) is 4.49. The van der Waals surface area contributed by atoms with Gasteiger partial charge in [-0.3, -0.25) is 28.7 Å². The Hall–Kier alpha value is 0.216. The van der Waals surface area contributed by atoms with Gasteiger partial charge in [-0.2, -0.15) is 8.42 Å². The Morgan fingerprint density at radius 1 is 0.688 bits per heavy atom. The van der Waals surface area contributed by atoms with Crippen LogP contribution in [0.2, 0.25) is 0 Å². The first-order chi connectivity index (χ1) is 6.90. The van der Waals surface area contributed by atoms with E-state index in [4.69, 9.17) is 17.5 Å². The monoisotopic (exact) mass is 297 g/mol. The zero-order valence-corrected chi connectivity index (χ0v) is 10.3. The van der Waals surface area contributed by atoms with Crippen LogP contribution in [-0.2, 0) is 27.2 Å². The van der Waals surface area contributed by atoms with Crippen molar-refractivity contribution >= 4 is 10.4 Å². The Morgan fingerprint density at radius 3 is 0.938 bits per heavy atom. The molecule has 4 fully saturated rings. The van der Waals surface area contributed by atoms with Crippen LogP contribution in [-0.4, -0.2) is 77.1 Å². The maximum atomic E-state index is 8.74. The molecule has 0 amide bonds. The molecular weight excluding hydrogens is 283 g/mol. The van der Waals surface area contributed by atoms with Gasteiger partial charge in [-0.15, -0.1) is 0 Å². The average Bonchev–Trinajstić information content (AvgIpc) is 1.96. The fourth-order valence-corrected chi connectivity index (χ4v) is 2.23. The van der Waals surface area contributed by atoms with Gasteiger partial charge >= 0.3 is 10.4 Å². The predicted octanol–water partition coefficient (Wildman–Crippen LogP) is -1.68. The van der Waals surface area contributed by atoms with Gasteiger partial charge in [0.15, 0.2) is 0 Å². The van der Waals surface area contributed by atoms with Gasteiger partial charge in [-0.1, -0.05) is 0 Å². The van der Waals surface area contributed by atoms with E-state index in [1.165, 1.54) is 40.0 Å². The van der Waals surface area contributed by atoms with Crippen LogP contribution in [0, 0.1) is 0 Å². The number of nitrogens with zero attached hydrogens (tertiary/aromatic N) is 4. The van der Waals surface area contributed by atoms with Gasteiger partial charge in [0.05, 0.1) is 40.0 Å². The van der Waals surface area contributed by atoms with Gasteiger partial charge in [0.2, 0.25) is 0 Å². The summed E-state index contributed by atoms with van der Waals surface area (Å²) in [5, 5.41) is 0. The molecule has 4 bridgehead atoms. The summed E-state index contributed by atoms with van der Waals surface area (Å²) in [6.07, 6.45) is 0.